The van der Waals surface area contributed by atoms with E-state index in [0.29, 0.717) is 11.9 Å². The van der Waals surface area contributed by atoms with E-state index < -0.39 is 0 Å². The molecule has 1 atom stereocenters. The summed E-state index contributed by atoms with van der Waals surface area (Å²) in [5.41, 5.74) is 6.89. The predicted octanol–water partition coefficient (Wildman–Crippen LogP) is 2.10. The SMILES string of the molecule is CCCC1CCc2occc2C(N)=N1. The summed E-state index contributed by atoms with van der Waals surface area (Å²) >= 11 is 0. The first kappa shape index (κ1) is 9.31. The highest BCUT2D eigenvalue weighted by Gasteiger charge is 2.18. The number of fused-ring (bicyclic) bond motifs is 1. The molecule has 0 aromatic carbocycles. The van der Waals surface area contributed by atoms with Gasteiger partial charge in [-0.2, -0.15) is 0 Å². The topological polar surface area (TPSA) is 51.5 Å². The Kier molecular flexibility index (Phi) is 2.57. The van der Waals surface area contributed by atoms with E-state index in [1.807, 2.05) is 6.07 Å². The number of furan rings is 1. The molecule has 3 nitrogen and oxygen atoms in total. The summed E-state index contributed by atoms with van der Waals surface area (Å²) in [6.07, 6.45) is 5.97. The lowest BCUT2D eigenvalue weighted by molar-refractivity contribution is 0.480. The van der Waals surface area contributed by atoms with E-state index in [1.165, 1.54) is 0 Å². The van der Waals surface area contributed by atoms with Crippen molar-refractivity contribution in [3.63, 3.8) is 0 Å². The number of amidine groups is 1. The molecule has 0 saturated heterocycles. The minimum absolute atomic E-state index is 0.377. The fraction of sp³-hybridized carbons (Fsp3) is 0.545. The van der Waals surface area contributed by atoms with Gasteiger partial charge in [-0.15, -0.1) is 0 Å². The van der Waals surface area contributed by atoms with Crippen molar-refractivity contribution in [1.29, 1.82) is 0 Å². The molecule has 1 aliphatic heterocycles. The number of nitrogens with zero attached hydrogens (tertiary/aromatic N) is 1. The molecule has 1 aromatic heterocycles. The number of aryl methyl sites for hydroxylation is 1. The Balaban J connectivity index is 2.23. The highest BCUT2D eigenvalue weighted by molar-refractivity contribution is 5.98. The van der Waals surface area contributed by atoms with Crippen LogP contribution in [0.1, 0.15) is 37.5 Å². The van der Waals surface area contributed by atoms with Crippen LogP contribution in [0.3, 0.4) is 0 Å². The molecule has 0 fully saturated rings. The molecule has 2 rings (SSSR count). The monoisotopic (exact) mass is 192 g/mol. The van der Waals surface area contributed by atoms with Gasteiger partial charge in [-0.1, -0.05) is 13.3 Å². The van der Waals surface area contributed by atoms with Gasteiger partial charge in [-0.25, -0.2) is 0 Å². The van der Waals surface area contributed by atoms with Crippen LogP contribution in [0.25, 0.3) is 0 Å². The maximum atomic E-state index is 5.90. The van der Waals surface area contributed by atoms with Crippen molar-refractivity contribution in [3.8, 4) is 0 Å². The summed E-state index contributed by atoms with van der Waals surface area (Å²) in [5.74, 6) is 1.63. The average molecular weight is 192 g/mol. The van der Waals surface area contributed by atoms with Gasteiger partial charge in [0.2, 0.25) is 0 Å². The first-order valence-electron chi connectivity index (χ1n) is 5.21. The molecular weight excluding hydrogens is 176 g/mol. The van der Waals surface area contributed by atoms with E-state index in [4.69, 9.17) is 10.2 Å². The number of hydrogen-bond donors (Lipinski definition) is 1. The molecular formula is C11H16N2O. The van der Waals surface area contributed by atoms with Gasteiger partial charge >= 0.3 is 0 Å². The highest BCUT2D eigenvalue weighted by Crippen LogP contribution is 2.20. The molecule has 2 heterocycles. The van der Waals surface area contributed by atoms with E-state index >= 15 is 0 Å². The summed E-state index contributed by atoms with van der Waals surface area (Å²) in [5, 5.41) is 0. The fourth-order valence-electron chi connectivity index (χ4n) is 1.93. The van der Waals surface area contributed by atoms with Crippen molar-refractivity contribution in [1.82, 2.24) is 0 Å². The van der Waals surface area contributed by atoms with Crippen molar-refractivity contribution >= 4 is 5.84 Å². The maximum absolute atomic E-state index is 5.90. The molecule has 14 heavy (non-hydrogen) atoms. The Labute approximate surface area is 84.0 Å². The molecule has 1 unspecified atom stereocenters. The molecule has 0 amide bonds. The van der Waals surface area contributed by atoms with Gasteiger partial charge in [0.15, 0.2) is 0 Å². The lowest BCUT2D eigenvalue weighted by atomic mass is 10.1. The number of rotatable bonds is 2. The molecule has 76 valence electrons. The van der Waals surface area contributed by atoms with E-state index in [0.717, 1.165) is 37.0 Å². The Morgan fingerprint density at radius 3 is 3.29 bits per heavy atom. The summed E-state index contributed by atoms with van der Waals surface area (Å²) < 4.78 is 5.37. The summed E-state index contributed by atoms with van der Waals surface area (Å²) in [6.45, 7) is 2.17. The van der Waals surface area contributed by atoms with Crippen molar-refractivity contribution in [3.05, 3.63) is 23.7 Å². The molecule has 1 aromatic rings. The predicted molar refractivity (Wildman–Crippen MR) is 56.4 cm³/mol. The highest BCUT2D eigenvalue weighted by atomic mass is 16.3. The van der Waals surface area contributed by atoms with Gasteiger partial charge in [0.05, 0.1) is 17.9 Å². The average Bonchev–Trinajstić information content (AvgIpc) is 2.57. The summed E-state index contributed by atoms with van der Waals surface area (Å²) in [6, 6.07) is 2.28. The van der Waals surface area contributed by atoms with E-state index in [-0.39, 0.29) is 0 Å². The van der Waals surface area contributed by atoms with E-state index in [9.17, 15) is 0 Å². The lowest BCUT2D eigenvalue weighted by Gasteiger charge is -2.07. The first-order chi connectivity index (χ1) is 6.81. The normalized spacial score (nSPS) is 21.2. The zero-order valence-corrected chi connectivity index (χ0v) is 8.49. The molecule has 0 spiro atoms. The first-order valence-corrected chi connectivity index (χ1v) is 5.21. The molecule has 0 radical (unpaired) electrons. The Hall–Kier alpha value is -1.25. The van der Waals surface area contributed by atoms with Crippen molar-refractivity contribution in [2.24, 2.45) is 10.7 Å². The second kappa shape index (κ2) is 3.86. The zero-order valence-electron chi connectivity index (χ0n) is 8.49. The molecule has 0 bridgehead atoms. The molecule has 2 N–H and O–H groups in total. The van der Waals surface area contributed by atoms with Crippen LogP contribution >= 0.6 is 0 Å². The number of nitrogens with two attached hydrogens (primary N) is 1. The van der Waals surface area contributed by atoms with Crippen molar-refractivity contribution < 1.29 is 4.42 Å². The minimum atomic E-state index is 0.377. The van der Waals surface area contributed by atoms with Crippen LogP contribution < -0.4 is 5.73 Å². The van der Waals surface area contributed by atoms with Crippen LogP contribution in [-0.4, -0.2) is 11.9 Å². The van der Waals surface area contributed by atoms with Crippen LogP contribution in [0.5, 0.6) is 0 Å². The van der Waals surface area contributed by atoms with Gasteiger partial charge in [-0.05, 0) is 18.9 Å². The summed E-state index contributed by atoms with van der Waals surface area (Å²) in [4.78, 5) is 4.51. The standard InChI is InChI=1S/C11H16N2O/c1-2-3-8-4-5-10-9(6-7-14-10)11(12)13-8/h6-8H,2-5H2,1H3,(H2,12,13). The number of aliphatic imine (C=N–C) groups is 1. The third-order valence-electron chi connectivity index (χ3n) is 2.67. The van der Waals surface area contributed by atoms with Crippen LogP contribution in [-0.2, 0) is 6.42 Å². The van der Waals surface area contributed by atoms with E-state index in [2.05, 4.69) is 11.9 Å². The second-order valence-electron chi connectivity index (χ2n) is 3.75. The second-order valence-corrected chi connectivity index (χ2v) is 3.75. The van der Waals surface area contributed by atoms with Crippen LogP contribution in [0, 0.1) is 0 Å². The molecule has 0 saturated carbocycles. The minimum Gasteiger partial charge on any atom is -0.469 e. The van der Waals surface area contributed by atoms with E-state index in [1.54, 1.807) is 6.26 Å². The molecule has 0 aliphatic carbocycles. The maximum Gasteiger partial charge on any atom is 0.129 e. The lowest BCUT2D eigenvalue weighted by Crippen LogP contribution is -2.15. The largest absolute Gasteiger partial charge is 0.469 e. The third kappa shape index (κ3) is 1.67. The van der Waals surface area contributed by atoms with Gasteiger partial charge < -0.3 is 10.2 Å². The third-order valence-corrected chi connectivity index (χ3v) is 2.67. The Morgan fingerprint density at radius 2 is 2.50 bits per heavy atom. The summed E-state index contributed by atoms with van der Waals surface area (Å²) in [7, 11) is 0. The van der Waals surface area contributed by atoms with Crippen molar-refractivity contribution in [2.75, 3.05) is 0 Å². The van der Waals surface area contributed by atoms with Crippen LogP contribution in [0.15, 0.2) is 21.7 Å². The number of hydrogen-bond acceptors (Lipinski definition) is 3. The van der Waals surface area contributed by atoms with Gasteiger partial charge in [-0.3, -0.25) is 4.99 Å². The molecule has 1 aliphatic rings. The quantitative estimate of drug-likeness (QED) is 0.780. The Bertz CT molecular complexity index is 341. The zero-order chi connectivity index (χ0) is 9.97. The fourth-order valence-corrected chi connectivity index (χ4v) is 1.93. The van der Waals surface area contributed by atoms with Gasteiger partial charge in [0, 0.05) is 6.42 Å². The smallest absolute Gasteiger partial charge is 0.129 e. The van der Waals surface area contributed by atoms with Gasteiger partial charge in [0.25, 0.3) is 0 Å². The van der Waals surface area contributed by atoms with Crippen molar-refractivity contribution in [2.45, 2.75) is 38.6 Å². The Morgan fingerprint density at radius 1 is 1.64 bits per heavy atom. The molecule has 3 heteroatoms. The van der Waals surface area contributed by atoms with Gasteiger partial charge in [0.1, 0.15) is 11.6 Å². The van der Waals surface area contributed by atoms with Crippen LogP contribution in [0.2, 0.25) is 0 Å². The van der Waals surface area contributed by atoms with Crippen LogP contribution in [0.4, 0.5) is 0 Å².